The minimum Gasteiger partial charge on any atom is -0.496 e. The van der Waals surface area contributed by atoms with E-state index >= 15 is 0 Å². The Hall–Kier alpha value is -3.35. The molecule has 7 heteroatoms. The number of aromatic nitrogens is 5. The molecule has 0 amide bonds. The van der Waals surface area contributed by atoms with Crippen LogP contribution in [-0.4, -0.2) is 31.5 Å². The number of rotatable bonds is 3. The van der Waals surface area contributed by atoms with Crippen molar-refractivity contribution in [1.29, 1.82) is 0 Å². The Morgan fingerprint density at radius 1 is 1.12 bits per heavy atom. The highest BCUT2D eigenvalue weighted by atomic mass is 16.5. The Labute approximate surface area is 137 Å². The highest BCUT2D eigenvalue weighted by molar-refractivity contribution is 5.81. The Bertz CT molecular complexity index is 1090. The maximum atomic E-state index is 12.8. The van der Waals surface area contributed by atoms with E-state index in [1.54, 1.807) is 43.5 Å². The van der Waals surface area contributed by atoms with Crippen LogP contribution in [0.2, 0.25) is 0 Å². The Morgan fingerprint density at radius 3 is 2.71 bits per heavy atom. The van der Waals surface area contributed by atoms with Crippen molar-refractivity contribution in [3.63, 3.8) is 0 Å². The SMILES string of the molecule is COc1ccccc1-c1c[nH]n2c(=O)c(-c3ccnn3C)cnc12. The third-order valence-electron chi connectivity index (χ3n) is 4.03. The van der Waals surface area contributed by atoms with Crippen molar-refractivity contribution in [3.8, 4) is 28.1 Å². The summed E-state index contributed by atoms with van der Waals surface area (Å²) in [6.45, 7) is 0. The molecular formula is C17H15N5O2. The minimum absolute atomic E-state index is 0.176. The summed E-state index contributed by atoms with van der Waals surface area (Å²) < 4.78 is 8.49. The number of methoxy groups -OCH3 is 1. The van der Waals surface area contributed by atoms with Gasteiger partial charge in [-0.2, -0.15) is 5.10 Å². The summed E-state index contributed by atoms with van der Waals surface area (Å²) in [4.78, 5) is 17.3. The van der Waals surface area contributed by atoms with Gasteiger partial charge >= 0.3 is 0 Å². The molecule has 0 fully saturated rings. The van der Waals surface area contributed by atoms with E-state index in [1.165, 1.54) is 4.52 Å². The van der Waals surface area contributed by atoms with Crippen LogP contribution in [0.15, 0.2) is 53.7 Å². The molecule has 0 saturated carbocycles. The van der Waals surface area contributed by atoms with Gasteiger partial charge in [-0.3, -0.25) is 14.6 Å². The number of hydrogen-bond donors (Lipinski definition) is 1. The molecule has 24 heavy (non-hydrogen) atoms. The van der Waals surface area contributed by atoms with Crippen LogP contribution in [0.5, 0.6) is 5.75 Å². The zero-order chi connectivity index (χ0) is 16.7. The Balaban J connectivity index is 1.95. The van der Waals surface area contributed by atoms with E-state index in [2.05, 4.69) is 15.2 Å². The van der Waals surface area contributed by atoms with Gasteiger partial charge in [0.25, 0.3) is 5.56 Å². The smallest absolute Gasteiger partial charge is 0.282 e. The van der Waals surface area contributed by atoms with Crippen molar-refractivity contribution < 1.29 is 4.74 Å². The van der Waals surface area contributed by atoms with Crippen LogP contribution in [0.25, 0.3) is 28.0 Å². The molecule has 0 atom stereocenters. The number of para-hydroxylation sites is 1. The van der Waals surface area contributed by atoms with Crippen LogP contribution in [-0.2, 0) is 7.05 Å². The molecular weight excluding hydrogens is 306 g/mol. The van der Waals surface area contributed by atoms with E-state index in [1.807, 2.05) is 24.3 Å². The highest BCUT2D eigenvalue weighted by Crippen LogP contribution is 2.31. The summed E-state index contributed by atoms with van der Waals surface area (Å²) in [7, 11) is 3.41. The van der Waals surface area contributed by atoms with Crippen molar-refractivity contribution in [2.45, 2.75) is 0 Å². The van der Waals surface area contributed by atoms with Crippen LogP contribution < -0.4 is 10.3 Å². The summed E-state index contributed by atoms with van der Waals surface area (Å²) in [6.07, 6.45) is 4.99. The molecule has 1 N–H and O–H groups in total. The van der Waals surface area contributed by atoms with Gasteiger partial charge in [0.1, 0.15) is 5.75 Å². The molecule has 0 unspecified atom stereocenters. The number of aryl methyl sites for hydroxylation is 1. The topological polar surface area (TPSA) is 77.2 Å². The zero-order valence-corrected chi connectivity index (χ0v) is 13.2. The second-order valence-corrected chi connectivity index (χ2v) is 5.36. The maximum absolute atomic E-state index is 12.8. The lowest BCUT2D eigenvalue weighted by molar-refractivity contribution is 0.416. The average Bonchev–Trinajstić information content (AvgIpc) is 3.22. The van der Waals surface area contributed by atoms with Crippen LogP contribution in [0.1, 0.15) is 0 Å². The normalized spacial score (nSPS) is 11.1. The van der Waals surface area contributed by atoms with Gasteiger partial charge in [0.15, 0.2) is 5.65 Å². The van der Waals surface area contributed by atoms with E-state index < -0.39 is 0 Å². The van der Waals surface area contributed by atoms with Gasteiger partial charge in [-0.15, -0.1) is 0 Å². The number of fused-ring (bicyclic) bond motifs is 1. The molecule has 4 aromatic rings. The van der Waals surface area contributed by atoms with Gasteiger partial charge in [0.05, 0.1) is 18.4 Å². The van der Waals surface area contributed by atoms with Crippen LogP contribution in [0, 0.1) is 0 Å². The molecule has 0 aliphatic carbocycles. The third-order valence-corrected chi connectivity index (χ3v) is 4.03. The quantitative estimate of drug-likeness (QED) is 0.627. The van der Waals surface area contributed by atoms with Crippen LogP contribution in [0.4, 0.5) is 0 Å². The van der Waals surface area contributed by atoms with Crippen molar-refractivity contribution in [1.82, 2.24) is 24.4 Å². The molecule has 0 saturated heterocycles. The van der Waals surface area contributed by atoms with Crippen molar-refractivity contribution in [2.24, 2.45) is 7.05 Å². The predicted molar refractivity (Wildman–Crippen MR) is 90.0 cm³/mol. The molecule has 0 bridgehead atoms. The van der Waals surface area contributed by atoms with E-state index in [9.17, 15) is 4.79 Å². The first-order chi connectivity index (χ1) is 11.7. The van der Waals surface area contributed by atoms with Crippen LogP contribution in [0.3, 0.4) is 0 Å². The molecule has 3 heterocycles. The number of H-pyrrole nitrogens is 1. The summed E-state index contributed by atoms with van der Waals surface area (Å²) in [6, 6.07) is 9.42. The van der Waals surface area contributed by atoms with Crippen LogP contribution >= 0.6 is 0 Å². The molecule has 7 nitrogen and oxygen atoms in total. The second kappa shape index (κ2) is 5.38. The van der Waals surface area contributed by atoms with E-state index in [-0.39, 0.29) is 5.56 Å². The number of nitrogens with zero attached hydrogens (tertiary/aromatic N) is 4. The molecule has 1 aromatic carbocycles. The number of nitrogens with one attached hydrogen (secondary N) is 1. The average molecular weight is 321 g/mol. The van der Waals surface area contributed by atoms with E-state index in [4.69, 9.17) is 4.74 Å². The minimum atomic E-state index is -0.176. The monoisotopic (exact) mass is 321 g/mol. The van der Waals surface area contributed by atoms with Crippen molar-refractivity contribution in [3.05, 3.63) is 59.3 Å². The second-order valence-electron chi connectivity index (χ2n) is 5.36. The number of ether oxygens (including phenoxy) is 1. The van der Waals surface area contributed by atoms with Gasteiger partial charge in [0.2, 0.25) is 0 Å². The Kier molecular flexibility index (Phi) is 3.19. The van der Waals surface area contributed by atoms with Gasteiger partial charge in [-0.25, -0.2) is 9.50 Å². The number of aromatic amines is 1. The molecule has 0 aliphatic heterocycles. The largest absolute Gasteiger partial charge is 0.496 e. The van der Waals surface area contributed by atoms with Crippen molar-refractivity contribution >= 4 is 5.65 Å². The van der Waals surface area contributed by atoms with E-state index in [0.29, 0.717) is 11.2 Å². The fraction of sp³-hybridized carbons (Fsp3) is 0.118. The highest BCUT2D eigenvalue weighted by Gasteiger charge is 2.16. The molecule has 0 spiro atoms. The molecule has 3 aromatic heterocycles. The Morgan fingerprint density at radius 2 is 1.96 bits per heavy atom. The fourth-order valence-corrected chi connectivity index (χ4v) is 2.84. The first-order valence-electron chi connectivity index (χ1n) is 7.41. The predicted octanol–water partition coefficient (Wildman–Crippen LogP) is 2.10. The zero-order valence-electron chi connectivity index (χ0n) is 13.2. The van der Waals surface area contributed by atoms with Gasteiger partial charge in [-0.05, 0) is 12.1 Å². The summed E-state index contributed by atoms with van der Waals surface area (Å²) in [5.74, 6) is 0.726. The first kappa shape index (κ1) is 14.3. The number of benzene rings is 1. The fourth-order valence-electron chi connectivity index (χ4n) is 2.84. The maximum Gasteiger partial charge on any atom is 0.282 e. The summed E-state index contributed by atoms with van der Waals surface area (Å²) in [5.41, 5.74) is 3.26. The molecule has 4 rings (SSSR count). The van der Waals surface area contributed by atoms with E-state index in [0.717, 1.165) is 22.6 Å². The lowest BCUT2D eigenvalue weighted by atomic mass is 10.1. The standard InChI is InChI=1S/C17H15N5O2/c1-21-14(7-8-19-21)13-9-18-16-12(10-20-22(16)17(13)23)11-5-3-4-6-15(11)24-2/h3-10,20H,1-2H3. The number of hydrogen-bond acceptors (Lipinski definition) is 4. The first-order valence-corrected chi connectivity index (χ1v) is 7.41. The lowest BCUT2D eigenvalue weighted by Gasteiger charge is -2.06. The van der Waals surface area contributed by atoms with Gasteiger partial charge in [-0.1, -0.05) is 18.2 Å². The molecule has 0 radical (unpaired) electrons. The van der Waals surface area contributed by atoms with Gasteiger partial charge < -0.3 is 4.74 Å². The third kappa shape index (κ3) is 2.02. The summed E-state index contributed by atoms with van der Waals surface area (Å²) >= 11 is 0. The summed E-state index contributed by atoms with van der Waals surface area (Å²) in [5, 5.41) is 7.09. The van der Waals surface area contributed by atoms with Gasteiger partial charge in [0, 0.05) is 36.8 Å². The molecule has 120 valence electrons. The van der Waals surface area contributed by atoms with Crippen molar-refractivity contribution in [2.75, 3.05) is 7.11 Å². The lowest BCUT2D eigenvalue weighted by Crippen LogP contribution is -2.18. The molecule has 0 aliphatic rings.